The lowest BCUT2D eigenvalue weighted by molar-refractivity contribution is 0.303. The van der Waals surface area contributed by atoms with E-state index in [4.69, 9.17) is 4.74 Å². The fourth-order valence-corrected chi connectivity index (χ4v) is 2.23. The molecule has 1 fully saturated rings. The van der Waals surface area contributed by atoms with Gasteiger partial charge in [-0.15, -0.1) is 0 Å². The summed E-state index contributed by atoms with van der Waals surface area (Å²) in [5, 5.41) is 0. The van der Waals surface area contributed by atoms with Crippen molar-refractivity contribution in [2.75, 3.05) is 0 Å². The number of hydrogen-bond acceptors (Lipinski definition) is 1. The monoisotopic (exact) mass is 290 g/mol. The van der Waals surface area contributed by atoms with Gasteiger partial charge in [-0.1, -0.05) is 31.9 Å². The maximum Gasteiger partial charge on any atom is 0.121 e. The summed E-state index contributed by atoms with van der Waals surface area (Å²) in [5.41, 5.74) is 0. The molecule has 12 heavy (non-hydrogen) atoms. The van der Waals surface area contributed by atoms with Gasteiger partial charge in [-0.25, -0.2) is 0 Å². The first-order valence-electron chi connectivity index (χ1n) is 3.87. The molecule has 0 N–H and O–H groups in total. The van der Waals surface area contributed by atoms with E-state index in [0.717, 1.165) is 14.7 Å². The number of benzene rings is 1. The van der Waals surface area contributed by atoms with E-state index < -0.39 is 0 Å². The molecular weight excluding hydrogens is 284 g/mol. The molecular formula is C9H8Br2O. The first-order chi connectivity index (χ1) is 5.74. The van der Waals surface area contributed by atoms with Gasteiger partial charge in [0.05, 0.1) is 6.10 Å². The zero-order valence-corrected chi connectivity index (χ0v) is 9.56. The summed E-state index contributed by atoms with van der Waals surface area (Å²) in [6.45, 7) is 0. The normalized spacial score (nSPS) is 16.2. The second-order valence-corrected chi connectivity index (χ2v) is 4.75. The third kappa shape index (κ3) is 2.23. The molecule has 1 nitrogen and oxygen atoms in total. The Kier molecular flexibility index (Phi) is 2.42. The van der Waals surface area contributed by atoms with E-state index in [2.05, 4.69) is 31.9 Å². The number of halogens is 2. The van der Waals surface area contributed by atoms with Crippen molar-refractivity contribution in [3.05, 3.63) is 27.1 Å². The third-order valence-corrected chi connectivity index (χ3v) is 2.58. The van der Waals surface area contributed by atoms with Crippen molar-refractivity contribution in [1.29, 1.82) is 0 Å². The predicted molar refractivity (Wildman–Crippen MR) is 55.5 cm³/mol. The maximum absolute atomic E-state index is 5.63. The smallest absolute Gasteiger partial charge is 0.121 e. The van der Waals surface area contributed by atoms with E-state index in [-0.39, 0.29) is 0 Å². The van der Waals surface area contributed by atoms with Crippen molar-refractivity contribution in [2.45, 2.75) is 18.9 Å². The van der Waals surface area contributed by atoms with E-state index in [1.165, 1.54) is 12.8 Å². The van der Waals surface area contributed by atoms with Crippen LogP contribution in [0.4, 0.5) is 0 Å². The molecule has 2 rings (SSSR count). The van der Waals surface area contributed by atoms with Crippen LogP contribution in [0, 0.1) is 0 Å². The Morgan fingerprint density at radius 2 is 1.67 bits per heavy atom. The van der Waals surface area contributed by atoms with Crippen molar-refractivity contribution in [3.63, 3.8) is 0 Å². The minimum atomic E-state index is 0.464. The van der Waals surface area contributed by atoms with Crippen LogP contribution in [0.25, 0.3) is 0 Å². The summed E-state index contributed by atoms with van der Waals surface area (Å²) in [5.74, 6) is 0.943. The largest absolute Gasteiger partial charge is 0.490 e. The quantitative estimate of drug-likeness (QED) is 0.806. The molecule has 1 aromatic carbocycles. The number of rotatable bonds is 2. The minimum absolute atomic E-state index is 0.464. The van der Waals surface area contributed by atoms with Crippen molar-refractivity contribution in [1.82, 2.24) is 0 Å². The molecule has 0 saturated heterocycles. The van der Waals surface area contributed by atoms with E-state index >= 15 is 0 Å². The summed E-state index contributed by atoms with van der Waals surface area (Å²) in [6.07, 6.45) is 2.86. The van der Waals surface area contributed by atoms with Crippen LogP contribution < -0.4 is 4.74 Å². The fraction of sp³-hybridized carbons (Fsp3) is 0.333. The van der Waals surface area contributed by atoms with Gasteiger partial charge in [-0.3, -0.25) is 0 Å². The molecule has 0 atom stereocenters. The SMILES string of the molecule is Brc1cc(Br)cc(OC2CC2)c1. The standard InChI is InChI=1S/C9H8Br2O/c10-6-3-7(11)5-9(4-6)12-8-1-2-8/h3-5,8H,1-2H2. The average Bonchev–Trinajstić information content (AvgIpc) is 2.68. The molecule has 0 heterocycles. The van der Waals surface area contributed by atoms with Gasteiger partial charge in [0, 0.05) is 8.95 Å². The van der Waals surface area contributed by atoms with E-state index in [9.17, 15) is 0 Å². The van der Waals surface area contributed by atoms with Crippen LogP contribution in [-0.4, -0.2) is 6.10 Å². The van der Waals surface area contributed by atoms with Crippen molar-refractivity contribution >= 4 is 31.9 Å². The third-order valence-electron chi connectivity index (χ3n) is 1.66. The second-order valence-electron chi connectivity index (χ2n) is 2.92. The molecule has 0 spiro atoms. The Labute approximate surface area is 88.4 Å². The Morgan fingerprint density at radius 3 is 2.17 bits per heavy atom. The number of ether oxygens (including phenoxy) is 1. The van der Waals surface area contributed by atoms with Gasteiger partial charge < -0.3 is 4.74 Å². The van der Waals surface area contributed by atoms with E-state index in [1.54, 1.807) is 0 Å². The molecule has 3 heteroatoms. The zero-order chi connectivity index (χ0) is 8.55. The van der Waals surface area contributed by atoms with E-state index in [1.807, 2.05) is 18.2 Å². The van der Waals surface area contributed by atoms with Crippen molar-refractivity contribution in [3.8, 4) is 5.75 Å². The number of hydrogen-bond donors (Lipinski definition) is 0. The highest BCUT2D eigenvalue weighted by Crippen LogP contribution is 2.30. The van der Waals surface area contributed by atoms with Gasteiger partial charge in [0.15, 0.2) is 0 Å². The fourth-order valence-electron chi connectivity index (χ4n) is 0.975. The molecule has 1 saturated carbocycles. The molecule has 0 aromatic heterocycles. The summed E-state index contributed by atoms with van der Waals surface area (Å²) >= 11 is 6.83. The summed E-state index contributed by atoms with van der Waals surface area (Å²) in [4.78, 5) is 0. The van der Waals surface area contributed by atoms with Crippen LogP contribution in [-0.2, 0) is 0 Å². The van der Waals surface area contributed by atoms with Crippen LogP contribution in [0.3, 0.4) is 0 Å². The molecule has 1 aliphatic carbocycles. The second kappa shape index (κ2) is 3.38. The molecule has 0 radical (unpaired) electrons. The average molecular weight is 292 g/mol. The molecule has 0 aliphatic heterocycles. The first kappa shape index (κ1) is 8.57. The highest BCUT2D eigenvalue weighted by atomic mass is 79.9. The molecule has 0 amide bonds. The Morgan fingerprint density at radius 1 is 1.08 bits per heavy atom. The van der Waals surface area contributed by atoms with Gasteiger partial charge in [-0.2, -0.15) is 0 Å². The van der Waals surface area contributed by atoms with Gasteiger partial charge in [0.25, 0.3) is 0 Å². The Hall–Kier alpha value is -0.0200. The molecule has 0 unspecified atom stereocenters. The summed E-state index contributed by atoms with van der Waals surface area (Å²) in [6, 6.07) is 5.98. The topological polar surface area (TPSA) is 9.23 Å². The van der Waals surface area contributed by atoms with Crippen molar-refractivity contribution < 1.29 is 4.74 Å². The minimum Gasteiger partial charge on any atom is -0.490 e. The van der Waals surface area contributed by atoms with E-state index in [0.29, 0.717) is 6.10 Å². The Balaban J connectivity index is 2.18. The molecule has 1 aliphatic rings. The highest BCUT2D eigenvalue weighted by Gasteiger charge is 2.23. The van der Waals surface area contributed by atoms with Gasteiger partial charge in [-0.05, 0) is 31.0 Å². The van der Waals surface area contributed by atoms with Crippen LogP contribution in [0.2, 0.25) is 0 Å². The van der Waals surface area contributed by atoms with Gasteiger partial charge in [0.2, 0.25) is 0 Å². The molecule has 64 valence electrons. The van der Waals surface area contributed by atoms with Crippen LogP contribution in [0.1, 0.15) is 12.8 Å². The van der Waals surface area contributed by atoms with Crippen LogP contribution >= 0.6 is 31.9 Å². The first-order valence-corrected chi connectivity index (χ1v) is 5.45. The lowest BCUT2D eigenvalue weighted by Crippen LogP contribution is -1.95. The highest BCUT2D eigenvalue weighted by molar-refractivity contribution is 9.11. The van der Waals surface area contributed by atoms with Gasteiger partial charge in [0.1, 0.15) is 5.75 Å². The van der Waals surface area contributed by atoms with Crippen LogP contribution in [0.5, 0.6) is 5.75 Å². The molecule has 1 aromatic rings. The summed E-state index contributed by atoms with van der Waals surface area (Å²) in [7, 11) is 0. The molecule has 0 bridgehead atoms. The summed E-state index contributed by atoms with van der Waals surface area (Å²) < 4.78 is 7.72. The predicted octanol–water partition coefficient (Wildman–Crippen LogP) is 3.75. The Bertz CT molecular complexity index is 274. The lowest BCUT2D eigenvalue weighted by atomic mass is 10.3. The maximum atomic E-state index is 5.63. The van der Waals surface area contributed by atoms with Crippen LogP contribution in [0.15, 0.2) is 27.1 Å². The zero-order valence-electron chi connectivity index (χ0n) is 6.39. The van der Waals surface area contributed by atoms with Gasteiger partial charge >= 0.3 is 0 Å². The van der Waals surface area contributed by atoms with Crippen molar-refractivity contribution in [2.24, 2.45) is 0 Å². The lowest BCUT2D eigenvalue weighted by Gasteiger charge is -2.04.